The summed E-state index contributed by atoms with van der Waals surface area (Å²) in [6, 6.07) is 5.76. The van der Waals surface area contributed by atoms with Gasteiger partial charge < -0.3 is 15.0 Å². The third-order valence-corrected chi connectivity index (χ3v) is 6.63. The van der Waals surface area contributed by atoms with Crippen molar-refractivity contribution in [1.29, 1.82) is 0 Å². The van der Waals surface area contributed by atoms with Crippen molar-refractivity contribution < 1.29 is 9.53 Å². The molecule has 1 saturated carbocycles. The highest BCUT2D eigenvalue weighted by Crippen LogP contribution is 2.27. The van der Waals surface area contributed by atoms with Crippen LogP contribution >= 0.6 is 0 Å². The molecule has 1 amide bonds. The molecule has 2 unspecified atom stereocenters. The van der Waals surface area contributed by atoms with Gasteiger partial charge in [0.25, 0.3) is 5.91 Å². The predicted octanol–water partition coefficient (Wildman–Crippen LogP) is 3.30. The first-order valence-corrected chi connectivity index (χ1v) is 11.8. The van der Waals surface area contributed by atoms with Crippen molar-refractivity contribution >= 4 is 5.91 Å². The molecule has 0 radical (unpaired) electrons. The fourth-order valence-electron chi connectivity index (χ4n) is 5.00. The van der Waals surface area contributed by atoms with Crippen molar-refractivity contribution in [3.63, 3.8) is 0 Å². The van der Waals surface area contributed by atoms with E-state index in [1.165, 1.54) is 38.6 Å². The summed E-state index contributed by atoms with van der Waals surface area (Å²) in [6.45, 7) is 7.10. The van der Waals surface area contributed by atoms with Crippen LogP contribution in [-0.2, 0) is 4.74 Å². The minimum absolute atomic E-state index is 0.0238. The number of piperidine rings is 1. The Labute approximate surface area is 185 Å². The van der Waals surface area contributed by atoms with Crippen molar-refractivity contribution in [3.05, 3.63) is 42.4 Å². The zero-order valence-corrected chi connectivity index (χ0v) is 18.6. The van der Waals surface area contributed by atoms with Gasteiger partial charge in [-0.1, -0.05) is 12.8 Å². The third-order valence-electron chi connectivity index (χ3n) is 6.63. The van der Waals surface area contributed by atoms with Gasteiger partial charge in [-0.05, 0) is 69.2 Å². The standard InChI is InChI=1S/C24H35N5O2/c1-2-31-18-19-7-5-13-28(16-19)17-21-8-3-4-9-22(21)27-24(30)20-10-11-23(25-15-20)29-14-6-12-26-29/h6,10-12,14-15,19,21-22H,2-5,7-9,13,16-18H2,1H3,(H,27,30)/t19?,21-,22?/m0/s1. The highest BCUT2D eigenvalue weighted by atomic mass is 16.5. The lowest BCUT2D eigenvalue weighted by Crippen LogP contribution is -2.48. The molecular weight excluding hydrogens is 390 g/mol. The molecular formula is C24H35N5O2. The molecule has 1 aliphatic heterocycles. The predicted molar refractivity (Wildman–Crippen MR) is 120 cm³/mol. The molecule has 168 valence electrons. The molecule has 2 aliphatic rings. The number of nitrogens with one attached hydrogen (secondary N) is 1. The molecule has 2 fully saturated rings. The Morgan fingerprint density at radius 3 is 2.90 bits per heavy atom. The first kappa shape index (κ1) is 22.0. The Morgan fingerprint density at radius 1 is 1.23 bits per heavy atom. The average Bonchev–Trinajstić information content (AvgIpc) is 3.34. The van der Waals surface area contributed by atoms with Gasteiger partial charge in [0, 0.05) is 44.3 Å². The number of pyridine rings is 1. The second kappa shape index (κ2) is 10.9. The number of carbonyl (C=O) groups excluding carboxylic acids is 1. The van der Waals surface area contributed by atoms with Crippen LogP contribution in [0, 0.1) is 11.8 Å². The summed E-state index contributed by atoms with van der Waals surface area (Å²) in [7, 11) is 0. The van der Waals surface area contributed by atoms with E-state index in [4.69, 9.17) is 4.74 Å². The van der Waals surface area contributed by atoms with Crippen LogP contribution in [0.15, 0.2) is 36.8 Å². The van der Waals surface area contributed by atoms with Gasteiger partial charge in [0.15, 0.2) is 5.82 Å². The van der Waals surface area contributed by atoms with Gasteiger partial charge in [-0.2, -0.15) is 5.10 Å². The number of likely N-dealkylation sites (tertiary alicyclic amines) is 1. The fraction of sp³-hybridized carbons (Fsp3) is 0.625. The van der Waals surface area contributed by atoms with Crippen LogP contribution in [0.1, 0.15) is 55.8 Å². The van der Waals surface area contributed by atoms with Crippen LogP contribution in [-0.4, -0.2) is 64.5 Å². The highest BCUT2D eigenvalue weighted by molar-refractivity contribution is 5.94. The van der Waals surface area contributed by atoms with Crippen LogP contribution < -0.4 is 5.32 Å². The number of amides is 1. The molecule has 4 rings (SSSR count). The van der Waals surface area contributed by atoms with Crippen LogP contribution in [0.4, 0.5) is 0 Å². The van der Waals surface area contributed by atoms with Gasteiger partial charge in [-0.25, -0.2) is 9.67 Å². The smallest absolute Gasteiger partial charge is 0.253 e. The van der Waals surface area contributed by atoms with E-state index < -0.39 is 0 Å². The first-order chi connectivity index (χ1) is 15.2. The minimum Gasteiger partial charge on any atom is -0.381 e. The molecule has 31 heavy (non-hydrogen) atoms. The lowest BCUT2D eigenvalue weighted by Gasteiger charge is -2.39. The molecule has 0 bridgehead atoms. The summed E-state index contributed by atoms with van der Waals surface area (Å²) in [5.41, 5.74) is 0.606. The van der Waals surface area contributed by atoms with E-state index in [1.54, 1.807) is 17.1 Å². The van der Waals surface area contributed by atoms with Crippen molar-refractivity contribution in [1.82, 2.24) is 25.0 Å². The minimum atomic E-state index is -0.0238. The molecule has 1 N–H and O–H groups in total. The van der Waals surface area contributed by atoms with Gasteiger partial charge in [-0.15, -0.1) is 0 Å². The largest absolute Gasteiger partial charge is 0.381 e. The number of carbonyl (C=O) groups is 1. The monoisotopic (exact) mass is 425 g/mol. The van der Waals surface area contributed by atoms with Crippen LogP contribution in [0.2, 0.25) is 0 Å². The maximum Gasteiger partial charge on any atom is 0.253 e. The van der Waals surface area contributed by atoms with E-state index in [0.29, 0.717) is 23.2 Å². The second-order valence-corrected chi connectivity index (χ2v) is 8.91. The summed E-state index contributed by atoms with van der Waals surface area (Å²) in [5, 5.41) is 7.50. The molecule has 3 atom stereocenters. The topological polar surface area (TPSA) is 72.3 Å². The molecule has 2 aromatic heterocycles. The Kier molecular flexibility index (Phi) is 7.70. The summed E-state index contributed by atoms with van der Waals surface area (Å²) in [6.07, 6.45) is 12.4. The quantitative estimate of drug-likeness (QED) is 0.703. The Morgan fingerprint density at radius 2 is 2.13 bits per heavy atom. The van der Waals surface area contributed by atoms with E-state index in [2.05, 4.69) is 27.2 Å². The van der Waals surface area contributed by atoms with Gasteiger partial charge >= 0.3 is 0 Å². The molecule has 3 heterocycles. The van der Waals surface area contributed by atoms with E-state index >= 15 is 0 Å². The summed E-state index contributed by atoms with van der Waals surface area (Å²) in [5.74, 6) is 1.85. The second-order valence-electron chi connectivity index (χ2n) is 8.91. The Balaban J connectivity index is 1.33. The molecule has 0 aromatic carbocycles. The van der Waals surface area contributed by atoms with Crippen LogP contribution in [0.5, 0.6) is 0 Å². The number of rotatable bonds is 8. The number of ether oxygens (including phenoxy) is 1. The van der Waals surface area contributed by atoms with E-state index in [1.807, 2.05) is 24.4 Å². The van der Waals surface area contributed by atoms with Gasteiger partial charge in [0.2, 0.25) is 0 Å². The average molecular weight is 426 g/mol. The number of hydrogen-bond acceptors (Lipinski definition) is 5. The fourth-order valence-corrected chi connectivity index (χ4v) is 5.00. The van der Waals surface area contributed by atoms with Gasteiger partial charge in [0.05, 0.1) is 12.2 Å². The number of nitrogens with zero attached hydrogens (tertiary/aromatic N) is 4. The summed E-state index contributed by atoms with van der Waals surface area (Å²) in [4.78, 5) is 19.9. The van der Waals surface area contributed by atoms with E-state index in [9.17, 15) is 4.79 Å². The number of aromatic nitrogens is 3. The maximum atomic E-state index is 12.9. The SMILES string of the molecule is CCOCC1CCCN(C[C@@H]2CCCCC2NC(=O)c2ccc(-n3cccn3)nc2)C1. The van der Waals surface area contributed by atoms with Crippen LogP contribution in [0.25, 0.3) is 5.82 Å². The normalized spacial score (nSPS) is 24.7. The lowest BCUT2D eigenvalue weighted by atomic mass is 9.83. The maximum absolute atomic E-state index is 12.9. The third kappa shape index (κ3) is 5.92. The highest BCUT2D eigenvalue weighted by Gasteiger charge is 2.30. The number of hydrogen-bond donors (Lipinski definition) is 1. The van der Waals surface area contributed by atoms with Crippen LogP contribution in [0.3, 0.4) is 0 Å². The zero-order chi connectivity index (χ0) is 21.5. The van der Waals surface area contributed by atoms with Crippen molar-refractivity contribution in [2.24, 2.45) is 11.8 Å². The van der Waals surface area contributed by atoms with Crippen molar-refractivity contribution in [2.45, 2.75) is 51.5 Å². The lowest BCUT2D eigenvalue weighted by molar-refractivity contribution is 0.0548. The zero-order valence-electron chi connectivity index (χ0n) is 18.6. The van der Waals surface area contributed by atoms with Gasteiger partial charge in [-0.3, -0.25) is 4.79 Å². The molecule has 7 heteroatoms. The molecule has 0 spiro atoms. The summed E-state index contributed by atoms with van der Waals surface area (Å²) < 4.78 is 7.36. The molecule has 7 nitrogen and oxygen atoms in total. The van der Waals surface area contributed by atoms with Crippen molar-refractivity contribution in [2.75, 3.05) is 32.8 Å². The van der Waals surface area contributed by atoms with Crippen molar-refractivity contribution in [3.8, 4) is 5.82 Å². The van der Waals surface area contributed by atoms with E-state index in [0.717, 1.165) is 32.7 Å². The Bertz CT molecular complexity index is 808. The molecule has 2 aromatic rings. The molecule has 1 saturated heterocycles. The first-order valence-electron chi connectivity index (χ1n) is 11.8. The Hall–Kier alpha value is -2.25. The summed E-state index contributed by atoms with van der Waals surface area (Å²) >= 11 is 0. The van der Waals surface area contributed by atoms with Gasteiger partial charge in [0.1, 0.15) is 0 Å². The van der Waals surface area contributed by atoms with E-state index in [-0.39, 0.29) is 11.9 Å². The molecule has 1 aliphatic carbocycles.